The Balaban J connectivity index is 3.07. The molecule has 0 bridgehead atoms. The van der Waals surface area contributed by atoms with Gasteiger partial charge < -0.3 is 0 Å². The van der Waals surface area contributed by atoms with Crippen LogP contribution in [0.2, 0.25) is 19.3 Å². The van der Waals surface area contributed by atoms with Crippen LogP contribution >= 0.6 is 22.6 Å². The summed E-state index contributed by atoms with van der Waals surface area (Å²) in [6.45, 7) is 0. The third kappa shape index (κ3) is 9.53. The number of unbranched alkanes of at least 4 members (excludes halogenated alkanes) is 1. The van der Waals surface area contributed by atoms with Crippen LogP contribution in [0.4, 0.5) is 0 Å². The summed E-state index contributed by atoms with van der Waals surface area (Å²) in [5.41, 5.74) is 0. The Morgan fingerprint density at radius 3 is 2.00 bits per heavy atom. The molecule has 0 heterocycles. The zero-order valence-corrected chi connectivity index (χ0v) is 11.7. The van der Waals surface area contributed by atoms with Gasteiger partial charge in [0.05, 0.1) is 0 Å². The van der Waals surface area contributed by atoms with Gasteiger partial charge in [0.1, 0.15) is 0 Å². The van der Waals surface area contributed by atoms with Gasteiger partial charge in [-0.2, -0.15) is 0 Å². The van der Waals surface area contributed by atoms with E-state index in [-0.39, 0.29) is 0 Å². The van der Waals surface area contributed by atoms with Crippen LogP contribution in [0.5, 0.6) is 0 Å². The van der Waals surface area contributed by atoms with Crippen LogP contribution in [0.25, 0.3) is 0 Å². The van der Waals surface area contributed by atoms with Gasteiger partial charge in [-0.05, 0) is 0 Å². The Morgan fingerprint density at radius 1 is 1.11 bits per heavy atom. The van der Waals surface area contributed by atoms with Crippen molar-refractivity contribution in [3.63, 3.8) is 0 Å². The Morgan fingerprint density at radius 2 is 1.67 bits per heavy atom. The normalized spacial score (nSPS) is 12.0. The summed E-state index contributed by atoms with van der Waals surface area (Å²) in [5, 5.41) is 0. The molecule has 0 aromatic rings. The second-order valence-corrected chi connectivity index (χ2v) is 20.8. The summed E-state index contributed by atoms with van der Waals surface area (Å²) < 4.78 is 2.93. The second-order valence-electron chi connectivity index (χ2n) is 3.71. The molecule has 0 aliphatic rings. The van der Waals surface area contributed by atoms with Crippen LogP contribution in [-0.4, -0.2) is 22.8 Å². The van der Waals surface area contributed by atoms with Crippen molar-refractivity contribution in [1.29, 1.82) is 0 Å². The van der Waals surface area contributed by atoms with E-state index in [1.165, 1.54) is 17.3 Å². The van der Waals surface area contributed by atoms with Crippen molar-refractivity contribution in [2.45, 2.75) is 32.1 Å². The molecule has 0 spiro atoms. The number of hydrogen-bond acceptors (Lipinski definition) is 0. The van der Waals surface area contributed by atoms with Crippen molar-refractivity contribution in [1.82, 2.24) is 0 Å². The molecule has 0 saturated carbocycles. The summed E-state index contributed by atoms with van der Waals surface area (Å²) in [6, 6.07) is 0. The van der Waals surface area contributed by atoms with Crippen molar-refractivity contribution in [3.8, 4) is 0 Å². The molecule has 0 nitrogen and oxygen atoms in total. The molecule has 0 rings (SSSR count). The predicted octanol–water partition coefficient (Wildman–Crippen LogP) is 3.54. The van der Waals surface area contributed by atoms with E-state index in [0.717, 1.165) is 0 Å². The molecule has 0 aromatic heterocycles. The van der Waals surface area contributed by atoms with Gasteiger partial charge in [-0.15, -0.1) is 0 Å². The standard InChI is InChI=1S/C4H8I.3CH3.Sn/c1-2-3-4-5;;;;/h1-4H2;3*1H3;. The van der Waals surface area contributed by atoms with Crippen molar-refractivity contribution in [3.05, 3.63) is 0 Å². The fourth-order valence-corrected chi connectivity index (χ4v) is 5.03. The summed E-state index contributed by atoms with van der Waals surface area (Å²) >= 11 is 1.13. The van der Waals surface area contributed by atoms with E-state index in [1.807, 2.05) is 0 Å². The van der Waals surface area contributed by atoms with Gasteiger partial charge in [-0.3, -0.25) is 0 Å². The first-order valence-corrected chi connectivity index (χ1v) is 15.7. The van der Waals surface area contributed by atoms with E-state index in [0.29, 0.717) is 0 Å². The minimum atomic E-state index is -1.34. The van der Waals surface area contributed by atoms with Gasteiger partial charge in [0, 0.05) is 0 Å². The van der Waals surface area contributed by atoms with Gasteiger partial charge in [0.25, 0.3) is 0 Å². The van der Waals surface area contributed by atoms with Crippen LogP contribution in [0.3, 0.4) is 0 Å². The van der Waals surface area contributed by atoms with Gasteiger partial charge in [-0.1, -0.05) is 0 Å². The van der Waals surface area contributed by atoms with E-state index in [9.17, 15) is 0 Å². The summed E-state index contributed by atoms with van der Waals surface area (Å²) in [7, 11) is 0. The molecule has 0 atom stereocenters. The number of alkyl halides is 1. The molecule has 0 aliphatic carbocycles. The Kier molecular flexibility index (Phi) is 6.10. The Hall–Kier alpha value is 1.53. The fourth-order valence-electron chi connectivity index (χ4n) is 0.750. The third-order valence-electron chi connectivity index (χ3n) is 1.31. The molecular formula is C7H17ISn. The average molecular weight is 347 g/mol. The van der Waals surface area contributed by atoms with Gasteiger partial charge >= 0.3 is 77.5 Å². The molecule has 0 aromatic carbocycles. The van der Waals surface area contributed by atoms with Gasteiger partial charge in [0.15, 0.2) is 0 Å². The summed E-state index contributed by atoms with van der Waals surface area (Å²) in [5.74, 6) is 0. The first-order chi connectivity index (χ1) is 4.06. The van der Waals surface area contributed by atoms with Crippen LogP contribution in [-0.2, 0) is 0 Å². The summed E-state index contributed by atoms with van der Waals surface area (Å²) in [4.78, 5) is 7.55. The minimum absolute atomic E-state index is 1.34. The SMILES string of the molecule is [CH3][Sn]([CH3])([CH3])[CH2]CCCI. The molecule has 0 amide bonds. The average Bonchev–Trinajstić information content (AvgIpc) is 1.63. The molecule has 0 unspecified atom stereocenters. The van der Waals surface area contributed by atoms with E-state index in [2.05, 4.69) is 37.4 Å². The van der Waals surface area contributed by atoms with Gasteiger partial charge in [-0.25, -0.2) is 0 Å². The van der Waals surface area contributed by atoms with E-state index in [1.54, 1.807) is 4.44 Å². The topological polar surface area (TPSA) is 0 Å². The molecule has 0 saturated heterocycles. The first kappa shape index (κ1) is 10.5. The molecule has 0 fully saturated rings. The van der Waals surface area contributed by atoms with E-state index >= 15 is 0 Å². The van der Waals surface area contributed by atoms with Crippen molar-refractivity contribution < 1.29 is 0 Å². The Labute approximate surface area is 76.8 Å². The van der Waals surface area contributed by atoms with Crippen molar-refractivity contribution in [2.75, 3.05) is 4.43 Å². The van der Waals surface area contributed by atoms with Crippen LogP contribution in [0.1, 0.15) is 12.8 Å². The first-order valence-electron chi connectivity index (χ1n) is 3.62. The zero-order chi connectivity index (χ0) is 7.33. The van der Waals surface area contributed by atoms with Gasteiger partial charge in [0.2, 0.25) is 0 Å². The number of halogens is 1. The van der Waals surface area contributed by atoms with E-state index < -0.39 is 18.4 Å². The van der Waals surface area contributed by atoms with Crippen molar-refractivity contribution >= 4 is 41.0 Å². The second kappa shape index (κ2) is 5.21. The molecule has 0 radical (unpaired) electrons. The molecule has 0 N–H and O–H groups in total. The summed E-state index contributed by atoms with van der Waals surface area (Å²) in [6.07, 6.45) is 2.93. The number of hydrogen-bond donors (Lipinski definition) is 0. The maximum atomic E-state index is 2.52. The fraction of sp³-hybridized carbons (Fsp3) is 1.00. The third-order valence-corrected chi connectivity index (χ3v) is 7.36. The van der Waals surface area contributed by atoms with Crippen LogP contribution < -0.4 is 0 Å². The molecule has 0 aliphatic heterocycles. The van der Waals surface area contributed by atoms with E-state index in [4.69, 9.17) is 0 Å². The van der Waals surface area contributed by atoms with Crippen molar-refractivity contribution in [2.24, 2.45) is 0 Å². The quantitative estimate of drug-likeness (QED) is 0.316. The molecular weight excluding hydrogens is 330 g/mol. The molecule has 9 heavy (non-hydrogen) atoms. The van der Waals surface area contributed by atoms with Crippen LogP contribution in [0, 0.1) is 0 Å². The molecule has 56 valence electrons. The monoisotopic (exact) mass is 348 g/mol. The maximum absolute atomic E-state index is 2.52. The van der Waals surface area contributed by atoms with Crippen LogP contribution in [0.15, 0.2) is 0 Å². The number of rotatable bonds is 4. The predicted molar refractivity (Wildman–Crippen MR) is 56.3 cm³/mol. The zero-order valence-electron chi connectivity index (χ0n) is 6.71. The Bertz CT molecular complexity index is 65.8. The molecule has 2 heteroatoms.